The summed E-state index contributed by atoms with van der Waals surface area (Å²) in [4.78, 5) is 11.0. The van der Waals surface area contributed by atoms with Crippen LogP contribution in [0.1, 0.15) is 50.5 Å². The average molecular weight is 301 g/mol. The zero-order chi connectivity index (χ0) is 15.4. The Bertz CT molecular complexity index is 479. The van der Waals surface area contributed by atoms with Gasteiger partial charge < -0.3 is 10.4 Å². The van der Waals surface area contributed by atoms with Crippen LogP contribution in [-0.2, 0) is 11.2 Å². The van der Waals surface area contributed by atoms with Crippen LogP contribution in [0.15, 0.2) is 30.3 Å². The van der Waals surface area contributed by atoms with E-state index in [-0.39, 0.29) is 5.92 Å². The lowest BCUT2D eigenvalue weighted by Gasteiger charge is -2.31. The summed E-state index contributed by atoms with van der Waals surface area (Å²) in [6.07, 6.45) is 8.79. The number of hydrogen-bond acceptors (Lipinski definition) is 2. The van der Waals surface area contributed by atoms with Gasteiger partial charge in [0.2, 0.25) is 0 Å². The van der Waals surface area contributed by atoms with Gasteiger partial charge in [0, 0.05) is 12.1 Å². The Kier molecular flexibility index (Phi) is 5.14. The van der Waals surface area contributed by atoms with Crippen molar-refractivity contribution in [2.24, 2.45) is 11.8 Å². The molecule has 3 rings (SSSR count). The van der Waals surface area contributed by atoms with Crippen LogP contribution in [0.4, 0.5) is 0 Å². The summed E-state index contributed by atoms with van der Waals surface area (Å²) in [7, 11) is 0. The van der Waals surface area contributed by atoms with Gasteiger partial charge in [-0.25, -0.2) is 0 Å². The summed E-state index contributed by atoms with van der Waals surface area (Å²) in [6.45, 7) is 0. The molecule has 2 saturated carbocycles. The van der Waals surface area contributed by atoms with Gasteiger partial charge in [-0.05, 0) is 56.4 Å². The minimum Gasteiger partial charge on any atom is -0.481 e. The van der Waals surface area contributed by atoms with Crippen molar-refractivity contribution in [3.8, 4) is 0 Å². The zero-order valence-electron chi connectivity index (χ0n) is 13.2. The Morgan fingerprint density at radius 3 is 2.45 bits per heavy atom. The van der Waals surface area contributed by atoms with Crippen LogP contribution in [0, 0.1) is 11.8 Å². The van der Waals surface area contributed by atoms with E-state index in [9.17, 15) is 4.79 Å². The third kappa shape index (κ3) is 3.89. The Labute approximate surface area is 133 Å². The van der Waals surface area contributed by atoms with Gasteiger partial charge >= 0.3 is 5.97 Å². The fraction of sp³-hybridized carbons (Fsp3) is 0.632. The van der Waals surface area contributed by atoms with Crippen molar-refractivity contribution in [1.82, 2.24) is 5.32 Å². The highest BCUT2D eigenvalue weighted by atomic mass is 16.4. The predicted octanol–water partition coefficient (Wildman–Crippen LogP) is 3.63. The molecule has 0 aromatic heterocycles. The summed E-state index contributed by atoms with van der Waals surface area (Å²) < 4.78 is 0. The molecule has 1 aromatic rings. The van der Waals surface area contributed by atoms with E-state index in [1.54, 1.807) is 0 Å². The lowest BCUT2D eigenvalue weighted by molar-refractivity contribution is -0.142. The Balaban J connectivity index is 1.50. The van der Waals surface area contributed by atoms with Crippen molar-refractivity contribution < 1.29 is 9.90 Å². The fourth-order valence-electron chi connectivity index (χ4n) is 4.23. The van der Waals surface area contributed by atoms with E-state index < -0.39 is 5.97 Å². The van der Waals surface area contributed by atoms with Gasteiger partial charge in [0.1, 0.15) is 0 Å². The molecule has 2 unspecified atom stereocenters. The minimum absolute atomic E-state index is 0.109. The van der Waals surface area contributed by atoms with Gasteiger partial charge in [0.15, 0.2) is 0 Å². The molecular weight excluding hydrogens is 274 g/mol. The number of carboxylic acid groups (broad SMARTS) is 1. The molecule has 1 aromatic carbocycles. The van der Waals surface area contributed by atoms with E-state index >= 15 is 0 Å². The van der Waals surface area contributed by atoms with Gasteiger partial charge in [-0.2, -0.15) is 0 Å². The van der Waals surface area contributed by atoms with Crippen molar-refractivity contribution in [3.05, 3.63) is 35.9 Å². The third-order valence-corrected chi connectivity index (χ3v) is 5.53. The molecule has 0 saturated heterocycles. The molecule has 0 amide bonds. The molecule has 2 aliphatic carbocycles. The molecule has 2 fully saturated rings. The summed E-state index contributed by atoms with van der Waals surface area (Å²) >= 11 is 0. The molecule has 0 heterocycles. The summed E-state index contributed by atoms with van der Waals surface area (Å²) in [5, 5.41) is 12.9. The number of carboxylic acids is 1. The monoisotopic (exact) mass is 301 g/mol. The molecule has 120 valence electrons. The van der Waals surface area contributed by atoms with Gasteiger partial charge in [0.05, 0.1) is 5.92 Å². The van der Waals surface area contributed by atoms with Gasteiger partial charge in [0.25, 0.3) is 0 Å². The van der Waals surface area contributed by atoms with E-state index in [2.05, 4.69) is 35.6 Å². The number of carbonyl (C=O) groups is 1. The fourth-order valence-corrected chi connectivity index (χ4v) is 4.23. The average Bonchev–Trinajstić information content (AvgIpc) is 2.96. The van der Waals surface area contributed by atoms with Crippen LogP contribution in [0.25, 0.3) is 0 Å². The number of hydrogen-bond donors (Lipinski definition) is 2. The van der Waals surface area contributed by atoms with E-state index in [4.69, 9.17) is 5.11 Å². The van der Waals surface area contributed by atoms with Gasteiger partial charge in [-0.15, -0.1) is 0 Å². The number of benzene rings is 1. The molecule has 3 nitrogen and oxygen atoms in total. The van der Waals surface area contributed by atoms with E-state index in [0.717, 1.165) is 31.6 Å². The van der Waals surface area contributed by atoms with Crippen molar-refractivity contribution in [2.45, 2.75) is 63.5 Å². The summed E-state index contributed by atoms with van der Waals surface area (Å²) in [6, 6.07) is 11.9. The third-order valence-electron chi connectivity index (χ3n) is 5.53. The maximum atomic E-state index is 11.0. The summed E-state index contributed by atoms with van der Waals surface area (Å²) in [5.74, 6) is 0.0163. The van der Waals surface area contributed by atoms with Crippen molar-refractivity contribution in [1.29, 1.82) is 0 Å². The topological polar surface area (TPSA) is 49.3 Å². The maximum Gasteiger partial charge on any atom is 0.306 e. The van der Waals surface area contributed by atoms with Crippen LogP contribution in [0.2, 0.25) is 0 Å². The Hall–Kier alpha value is -1.35. The highest BCUT2D eigenvalue weighted by molar-refractivity contribution is 5.70. The highest BCUT2D eigenvalue weighted by Gasteiger charge is 2.31. The van der Waals surface area contributed by atoms with Crippen LogP contribution in [0.3, 0.4) is 0 Å². The molecule has 0 radical (unpaired) electrons. The van der Waals surface area contributed by atoms with Crippen molar-refractivity contribution >= 4 is 5.97 Å². The maximum absolute atomic E-state index is 11.0. The number of rotatable bonds is 5. The van der Waals surface area contributed by atoms with Crippen molar-refractivity contribution in [3.63, 3.8) is 0 Å². The largest absolute Gasteiger partial charge is 0.481 e. The highest BCUT2D eigenvalue weighted by Crippen LogP contribution is 2.31. The normalized spacial score (nSPS) is 32.0. The molecule has 0 spiro atoms. The lowest BCUT2D eigenvalue weighted by Crippen LogP contribution is -2.43. The van der Waals surface area contributed by atoms with Crippen molar-refractivity contribution in [2.75, 3.05) is 0 Å². The first-order chi connectivity index (χ1) is 10.7. The predicted molar refractivity (Wildman–Crippen MR) is 87.8 cm³/mol. The summed E-state index contributed by atoms with van der Waals surface area (Å²) in [5.41, 5.74) is 1.44. The standard InChI is InChI=1S/C19H27NO2/c21-19(22)15-9-11-17(12-10-15)20-18-8-4-7-16(18)13-14-5-2-1-3-6-14/h1-3,5-6,15-18,20H,4,7-13H2,(H,21,22). The molecule has 22 heavy (non-hydrogen) atoms. The Morgan fingerprint density at radius 2 is 1.77 bits per heavy atom. The molecule has 3 heteroatoms. The first-order valence-electron chi connectivity index (χ1n) is 8.75. The molecule has 2 aliphatic rings. The van der Waals surface area contributed by atoms with Crippen LogP contribution >= 0.6 is 0 Å². The van der Waals surface area contributed by atoms with Crippen LogP contribution in [-0.4, -0.2) is 23.2 Å². The second-order valence-electron chi connectivity index (χ2n) is 7.04. The first-order valence-corrected chi connectivity index (χ1v) is 8.75. The number of nitrogens with one attached hydrogen (secondary N) is 1. The molecule has 2 atom stereocenters. The molecule has 2 N–H and O–H groups in total. The van der Waals surface area contributed by atoms with E-state index in [1.165, 1.54) is 31.2 Å². The zero-order valence-corrected chi connectivity index (χ0v) is 13.2. The quantitative estimate of drug-likeness (QED) is 0.873. The minimum atomic E-state index is -0.610. The Morgan fingerprint density at radius 1 is 1.05 bits per heavy atom. The molecule has 0 bridgehead atoms. The lowest BCUT2D eigenvalue weighted by atomic mass is 9.85. The molecule has 0 aliphatic heterocycles. The van der Waals surface area contributed by atoms with Crippen LogP contribution < -0.4 is 5.32 Å². The SMILES string of the molecule is O=C(O)C1CCC(NC2CCCC2Cc2ccccc2)CC1. The number of aliphatic carboxylic acids is 1. The first kappa shape index (κ1) is 15.5. The second-order valence-corrected chi connectivity index (χ2v) is 7.04. The molecular formula is C19H27NO2. The van der Waals surface area contributed by atoms with Gasteiger partial charge in [-0.1, -0.05) is 36.8 Å². The van der Waals surface area contributed by atoms with E-state index in [1.807, 2.05) is 0 Å². The smallest absolute Gasteiger partial charge is 0.306 e. The van der Waals surface area contributed by atoms with Gasteiger partial charge in [-0.3, -0.25) is 4.79 Å². The van der Waals surface area contributed by atoms with Crippen LogP contribution in [0.5, 0.6) is 0 Å². The van der Waals surface area contributed by atoms with E-state index in [0.29, 0.717) is 12.1 Å². The second kappa shape index (κ2) is 7.28.